The highest BCUT2D eigenvalue weighted by Crippen LogP contribution is 2.13. The van der Waals surface area contributed by atoms with Gasteiger partial charge in [0.05, 0.1) is 24.3 Å². The molecule has 1 N–H and O–H groups in total. The van der Waals surface area contributed by atoms with Gasteiger partial charge in [0.25, 0.3) is 11.9 Å². The maximum atomic E-state index is 13.8. The molecule has 0 aromatic carbocycles. The first-order chi connectivity index (χ1) is 10.0. The van der Waals surface area contributed by atoms with Crippen molar-refractivity contribution < 1.29 is 9.18 Å². The van der Waals surface area contributed by atoms with Crippen molar-refractivity contribution in [2.45, 2.75) is 6.92 Å². The topological polar surface area (TPSA) is 85.1 Å². The summed E-state index contributed by atoms with van der Waals surface area (Å²) in [5, 5.41) is 2.61. The van der Waals surface area contributed by atoms with Crippen molar-refractivity contribution in [3.8, 4) is 0 Å². The van der Waals surface area contributed by atoms with E-state index in [1.807, 2.05) is 0 Å². The van der Waals surface area contributed by atoms with Crippen LogP contribution in [0.5, 0.6) is 0 Å². The lowest BCUT2D eigenvalue weighted by Gasteiger charge is -2.04. The van der Waals surface area contributed by atoms with Gasteiger partial charge in [-0.1, -0.05) is 11.6 Å². The van der Waals surface area contributed by atoms with E-state index < -0.39 is 11.9 Å². The second-order valence-electron chi connectivity index (χ2n) is 4.21. The summed E-state index contributed by atoms with van der Waals surface area (Å²) < 4.78 is 15.2. The Morgan fingerprint density at radius 2 is 2.10 bits per heavy atom. The van der Waals surface area contributed by atoms with Gasteiger partial charge in [-0.2, -0.15) is 9.37 Å². The molecular formula is C12H8ClFN6O. The van der Waals surface area contributed by atoms with Crippen molar-refractivity contribution in [3.05, 3.63) is 47.3 Å². The van der Waals surface area contributed by atoms with E-state index in [1.165, 1.54) is 23.0 Å². The Hall–Kier alpha value is -2.61. The predicted molar refractivity (Wildman–Crippen MR) is 72.7 cm³/mol. The Labute approximate surface area is 122 Å². The maximum Gasteiger partial charge on any atom is 0.277 e. The number of carbonyl (C=O) groups is 1. The van der Waals surface area contributed by atoms with Crippen LogP contribution in [0.15, 0.2) is 24.8 Å². The highest BCUT2D eigenvalue weighted by atomic mass is 35.5. The first kappa shape index (κ1) is 13.4. The molecule has 3 aromatic rings. The SMILES string of the molecule is Cc1cn2cc(NC(=O)c3cnc(Cl)cn3)nc(F)c2n1. The molecule has 106 valence electrons. The van der Waals surface area contributed by atoms with Gasteiger partial charge in [-0.15, -0.1) is 0 Å². The van der Waals surface area contributed by atoms with E-state index in [-0.39, 0.29) is 22.3 Å². The molecule has 3 rings (SSSR count). The highest BCUT2D eigenvalue weighted by Gasteiger charge is 2.13. The number of amides is 1. The van der Waals surface area contributed by atoms with Crippen LogP contribution in [-0.2, 0) is 0 Å². The lowest BCUT2D eigenvalue weighted by atomic mass is 10.4. The number of imidazole rings is 1. The number of hydrogen-bond donors (Lipinski definition) is 1. The number of halogens is 2. The van der Waals surface area contributed by atoms with Gasteiger partial charge in [0, 0.05) is 6.20 Å². The normalized spacial score (nSPS) is 10.8. The minimum Gasteiger partial charge on any atom is -0.304 e. The monoisotopic (exact) mass is 306 g/mol. The number of fused-ring (bicyclic) bond motifs is 1. The largest absolute Gasteiger partial charge is 0.304 e. The maximum absolute atomic E-state index is 13.8. The van der Waals surface area contributed by atoms with Crippen molar-refractivity contribution >= 4 is 29.0 Å². The summed E-state index contributed by atoms with van der Waals surface area (Å²) in [5.74, 6) is -1.30. The van der Waals surface area contributed by atoms with Gasteiger partial charge in [-0.25, -0.2) is 15.0 Å². The quantitative estimate of drug-likeness (QED) is 0.781. The fourth-order valence-electron chi connectivity index (χ4n) is 1.75. The van der Waals surface area contributed by atoms with Crippen LogP contribution in [0.3, 0.4) is 0 Å². The third-order valence-corrected chi connectivity index (χ3v) is 2.81. The van der Waals surface area contributed by atoms with Crippen molar-refractivity contribution in [2.75, 3.05) is 5.32 Å². The van der Waals surface area contributed by atoms with E-state index in [1.54, 1.807) is 13.1 Å². The molecule has 0 fully saturated rings. The van der Waals surface area contributed by atoms with E-state index in [0.717, 1.165) is 0 Å². The number of nitrogens with one attached hydrogen (secondary N) is 1. The minimum atomic E-state index is -0.775. The van der Waals surface area contributed by atoms with E-state index in [9.17, 15) is 9.18 Å². The molecule has 0 atom stereocenters. The predicted octanol–water partition coefficient (Wildman–Crippen LogP) is 1.87. The van der Waals surface area contributed by atoms with Gasteiger partial charge in [0.15, 0.2) is 11.5 Å². The van der Waals surface area contributed by atoms with Crippen LogP contribution in [0, 0.1) is 12.9 Å². The molecule has 0 radical (unpaired) electrons. The molecule has 3 heterocycles. The highest BCUT2D eigenvalue weighted by molar-refractivity contribution is 6.29. The summed E-state index contributed by atoms with van der Waals surface area (Å²) in [6.45, 7) is 1.73. The van der Waals surface area contributed by atoms with E-state index in [0.29, 0.717) is 5.69 Å². The van der Waals surface area contributed by atoms with Gasteiger partial charge >= 0.3 is 0 Å². The number of carbonyl (C=O) groups excluding carboxylic acids is 1. The fraction of sp³-hybridized carbons (Fsp3) is 0.0833. The van der Waals surface area contributed by atoms with Crippen molar-refractivity contribution in [2.24, 2.45) is 0 Å². The van der Waals surface area contributed by atoms with Gasteiger partial charge in [-0.05, 0) is 6.92 Å². The molecule has 0 aliphatic carbocycles. The smallest absolute Gasteiger partial charge is 0.277 e. The Balaban J connectivity index is 1.90. The standard InChI is InChI=1S/C12H8ClFN6O/c1-6-4-20-5-9(18-10(14)11(20)17-6)19-12(21)7-2-16-8(13)3-15-7/h2-5H,1H3,(H,19,21). The van der Waals surface area contributed by atoms with Gasteiger partial charge in [-0.3, -0.25) is 9.20 Å². The minimum absolute atomic E-state index is 0.0409. The zero-order valence-electron chi connectivity index (χ0n) is 10.7. The second kappa shape index (κ2) is 5.06. The fourth-order valence-corrected chi connectivity index (χ4v) is 1.85. The molecule has 0 saturated carbocycles. The lowest BCUT2D eigenvalue weighted by Crippen LogP contribution is -2.16. The number of anilines is 1. The van der Waals surface area contributed by atoms with Gasteiger partial charge < -0.3 is 5.32 Å². The average Bonchev–Trinajstić information content (AvgIpc) is 2.80. The van der Waals surface area contributed by atoms with Crippen molar-refractivity contribution in [1.29, 1.82) is 0 Å². The van der Waals surface area contributed by atoms with E-state index in [4.69, 9.17) is 11.6 Å². The molecule has 0 saturated heterocycles. The van der Waals surface area contributed by atoms with E-state index >= 15 is 0 Å². The molecule has 1 amide bonds. The Morgan fingerprint density at radius 3 is 2.81 bits per heavy atom. The summed E-state index contributed by atoms with van der Waals surface area (Å²) in [6, 6.07) is 0. The Bertz CT molecular complexity index is 832. The van der Waals surface area contributed by atoms with E-state index in [2.05, 4.69) is 25.3 Å². The first-order valence-corrected chi connectivity index (χ1v) is 6.21. The van der Waals surface area contributed by atoms with Crippen molar-refractivity contribution in [1.82, 2.24) is 24.3 Å². The molecule has 0 spiro atoms. The molecular weight excluding hydrogens is 299 g/mol. The van der Waals surface area contributed by atoms with Crippen molar-refractivity contribution in [3.63, 3.8) is 0 Å². The Kier molecular flexibility index (Phi) is 3.22. The van der Waals surface area contributed by atoms with Crippen LogP contribution >= 0.6 is 11.6 Å². The van der Waals surface area contributed by atoms with Gasteiger partial charge in [0.1, 0.15) is 10.8 Å². The molecule has 3 aromatic heterocycles. The summed E-state index contributed by atoms with van der Waals surface area (Å²) >= 11 is 5.59. The van der Waals surface area contributed by atoms with Gasteiger partial charge in [0.2, 0.25) is 0 Å². The van der Waals surface area contributed by atoms with Crippen LogP contribution in [0.1, 0.15) is 16.2 Å². The molecule has 0 aliphatic heterocycles. The number of rotatable bonds is 2. The zero-order chi connectivity index (χ0) is 15.0. The third kappa shape index (κ3) is 2.65. The summed E-state index contributed by atoms with van der Waals surface area (Å²) in [5.41, 5.74) is 0.781. The third-order valence-electron chi connectivity index (χ3n) is 2.61. The van der Waals surface area contributed by atoms with Crippen LogP contribution < -0.4 is 5.32 Å². The molecule has 0 unspecified atom stereocenters. The molecule has 7 nitrogen and oxygen atoms in total. The van der Waals surface area contributed by atoms with Crippen LogP contribution in [-0.4, -0.2) is 30.2 Å². The molecule has 9 heteroatoms. The summed E-state index contributed by atoms with van der Waals surface area (Å²) in [4.78, 5) is 27.1. The summed E-state index contributed by atoms with van der Waals surface area (Å²) in [7, 11) is 0. The number of hydrogen-bond acceptors (Lipinski definition) is 5. The molecule has 0 aliphatic rings. The second-order valence-corrected chi connectivity index (χ2v) is 4.60. The zero-order valence-corrected chi connectivity index (χ0v) is 11.5. The number of aromatic nitrogens is 5. The molecule has 21 heavy (non-hydrogen) atoms. The number of aryl methyl sites for hydroxylation is 1. The van der Waals surface area contributed by atoms with Crippen LogP contribution in [0.2, 0.25) is 5.15 Å². The van der Waals surface area contributed by atoms with Crippen LogP contribution in [0.4, 0.5) is 10.2 Å². The first-order valence-electron chi connectivity index (χ1n) is 5.83. The molecule has 0 bridgehead atoms. The average molecular weight is 307 g/mol. The Morgan fingerprint density at radius 1 is 1.29 bits per heavy atom. The van der Waals surface area contributed by atoms with Crippen LogP contribution in [0.25, 0.3) is 5.65 Å². The number of nitrogens with zero attached hydrogens (tertiary/aromatic N) is 5. The summed E-state index contributed by atoms with van der Waals surface area (Å²) in [6.07, 6.45) is 5.54. The lowest BCUT2D eigenvalue weighted by molar-refractivity contribution is 0.102.